The lowest BCUT2D eigenvalue weighted by Gasteiger charge is -2.34. The van der Waals surface area contributed by atoms with E-state index in [1.54, 1.807) is 50.4 Å². The van der Waals surface area contributed by atoms with Crippen LogP contribution in [0.1, 0.15) is 27.2 Å². The van der Waals surface area contributed by atoms with Crippen molar-refractivity contribution in [2.24, 2.45) is 0 Å². The molecule has 1 aliphatic rings. The van der Waals surface area contributed by atoms with Gasteiger partial charge < -0.3 is 30.1 Å². The van der Waals surface area contributed by atoms with Crippen LogP contribution in [-0.4, -0.2) is 63.7 Å². The smallest absolute Gasteiger partial charge is 0.258 e. The van der Waals surface area contributed by atoms with Gasteiger partial charge in [0.1, 0.15) is 40.6 Å². The number of aryl methyl sites for hydroxylation is 2. The molecule has 0 bridgehead atoms. The Morgan fingerprint density at radius 3 is 2.41 bits per heavy atom. The van der Waals surface area contributed by atoms with Crippen LogP contribution in [0.5, 0.6) is 5.75 Å². The number of benzene rings is 2. The highest BCUT2D eigenvalue weighted by atomic mass is 32.2. The molecule has 37 heavy (non-hydrogen) atoms. The minimum Gasteiger partial charge on any atom is -0.497 e. The number of carbonyl (C=O) groups excluding carboxylic acids is 1. The molecule has 9 nitrogen and oxygen atoms in total. The number of amides is 1. The molecule has 0 saturated carbocycles. The van der Waals surface area contributed by atoms with Crippen molar-refractivity contribution in [1.29, 1.82) is 5.26 Å². The summed E-state index contributed by atoms with van der Waals surface area (Å²) in [5.74, 6) is 0.180. The molecule has 1 saturated heterocycles. The summed E-state index contributed by atoms with van der Waals surface area (Å²) in [6, 6.07) is 16.5. The number of hydrogen-bond donors (Lipinski definition) is 4. The number of pyridine rings is 1. The fourth-order valence-corrected chi connectivity index (χ4v) is 5.14. The van der Waals surface area contributed by atoms with Gasteiger partial charge in [0.25, 0.3) is 5.91 Å². The Morgan fingerprint density at radius 1 is 1.11 bits per heavy atom. The lowest BCUT2D eigenvalue weighted by Crippen LogP contribution is -2.51. The number of nitrogens with zero attached hydrogens (tertiary/aromatic N) is 2. The largest absolute Gasteiger partial charge is 0.497 e. The predicted molar refractivity (Wildman–Crippen MR) is 138 cm³/mol. The van der Waals surface area contributed by atoms with E-state index in [4.69, 9.17) is 9.47 Å². The minimum atomic E-state index is -1.41. The molecule has 2 aromatic carbocycles. The number of rotatable bonds is 6. The standard InChI is InChI=1S/C27H27N3O6S/c1-14-4-8-17(9-5-14)30-25(34)21-15(2)29-26(37-27-24(33)23(32)20(31)13-36-27)19(12-28)22(21)16-6-10-18(35-3)11-7-16/h4-11,20,23-24,27,31-33H,13H2,1-3H3,(H,30,34)/t20-,23+,24-,27+/m1/s1. The summed E-state index contributed by atoms with van der Waals surface area (Å²) in [4.78, 5) is 18.1. The van der Waals surface area contributed by atoms with Crippen molar-refractivity contribution < 1.29 is 29.6 Å². The van der Waals surface area contributed by atoms with Gasteiger partial charge in [-0.1, -0.05) is 41.6 Å². The third kappa shape index (κ3) is 5.61. The van der Waals surface area contributed by atoms with Crippen LogP contribution in [0.2, 0.25) is 0 Å². The van der Waals surface area contributed by atoms with Gasteiger partial charge in [-0.05, 0) is 43.7 Å². The molecule has 1 fully saturated rings. The van der Waals surface area contributed by atoms with Gasteiger partial charge in [-0.2, -0.15) is 5.26 Å². The van der Waals surface area contributed by atoms with Crippen LogP contribution < -0.4 is 10.1 Å². The molecule has 4 rings (SSSR count). The molecule has 0 radical (unpaired) electrons. The van der Waals surface area contributed by atoms with Crippen molar-refractivity contribution in [2.45, 2.75) is 42.6 Å². The van der Waals surface area contributed by atoms with Crippen molar-refractivity contribution in [1.82, 2.24) is 4.98 Å². The van der Waals surface area contributed by atoms with Gasteiger partial charge in [0.05, 0.1) is 30.5 Å². The van der Waals surface area contributed by atoms with Crippen molar-refractivity contribution >= 4 is 23.4 Å². The number of anilines is 1. The summed E-state index contributed by atoms with van der Waals surface area (Å²) in [6.07, 6.45) is -4.03. The monoisotopic (exact) mass is 521 g/mol. The first-order valence-corrected chi connectivity index (χ1v) is 12.4. The van der Waals surface area contributed by atoms with Crippen LogP contribution in [0.3, 0.4) is 0 Å². The predicted octanol–water partition coefficient (Wildman–Crippen LogP) is 3.03. The van der Waals surface area contributed by atoms with Gasteiger partial charge in [0.15, 0.2) is 0 Å². The van der Waals surface area contributed by atoms with Gasteiger partial charge >= 0.3 is 0 Å². The molecule has 1 aliphatic heterocycles. The lowest BCUT2D eigenvalue weighted by atomic mass is 9.94. The number of carbonyl (C=O) groups is 1. The van der Waals surface area contributed by atoms with E-state index in [0.29, 0.717) is 28.3 Å². The second-order valence-electron chi connectivity index (χ2n) is 8.66. The maximum Gasteiger partial charge on any atom is 0.258 e. The first-order chi connectivity index (χ1) is 17.7. The number of methoxy groups -OCH3 is 1. The number of hydrogen-bond acceptors (Lipinski definition) is 9. The molecule has 1 aromatic heterocycles. The number of ether oxygens (including phenoxy) is 2. The third-order valence-corrected chi connectivity index (χ3v) is 7.22. The average molecular weight is 522 g/mol. The zero-order valence-electron chi connectivity index (χ0n) is 20.5. The Morgan fingerprint density at radius 2 is 1.78 bits per heavy atom. The van der Waals surface area contributed by atoms with E-state index in [0.717, 1.165) is 17.3 Å². The molecule has 2 heterocycles. The summed E-state index contributed by atoms with van der Waals surface area (Å²) >= 11 is 0.953. The van der Waals surface area contributed by atoms with Crippen molar-refractivity contribution in [3.05, 3.63) is 70.9 Å². The first-order valence-electron chi connectivity index (χ1n) is 11.5. The van der Waals surface area contributed by atoms with Gasteiger partial charge in [-0.15, -0.1) is 0 Å². The van der Waals surface area contributed by atoms with Gasteiger partial charge in [0, 0.05) is 11.3 Å². The van der Waals surface area contributed by atoms with Gasteiger partial charge in [-0.3, -0.25) is 4.79 Å². The molecular weight excluding hydrogens is 494 g/mol. The van der Waals surface area contributed by atoms with Crippen LogP contribution in [0.4, 0.5) is 5.69 Å². The summed E-state index contributed by atoms with van der Waals surface area (Å²) in [5.41, 5.74) is 2.34. The Bertz CT molecular complexity index is 1320. The quantitative estimate of drug-likeness (QED) is 0.385. The normalized spacial score (nSPS) is 21.2. The van der Waals surface area contributed by atoms with E-state index >= 15 is 0 Å². The van der Waals surface area contributed by atoms with E-state index in [1.165, 1.54) is 0 Å². The van der Waals surface area contributed by atoms with Crippen LogP contribution in [-0.2, 0) is 4.74 Å². The minimum absolute atomic E-state index is 0.117. The summed E-state index contributed by atoms with van der Waals surface area (Å²) < 4.78 is 10.8. The molecule has 4 N–H and O–H groups in total. The first kappa shape index (κ1) is 26.6. The number of thioether (sulfide) groups is 1. The molecule has 10 heteroatoms. The number of nitriles is 1. The highest BCUT2D eigenvalue weighted by Gasteiger charge is 2.39. The maximum atomic E-state index is 13.5. The Kier molecular flexibility index (Phi) is 8.12. The topological polar surface area (TPSA) is 145 Å². The summed E-state index contributed by atoms with van der Waals surface area (Å²) in [7, 11) is 1.54. The third-order valence-electron chi connectivity index (χ3n) is 6.05. The zero-order valence-corrected chi connectivity index (χ0v) is 21.3. The van der Waals surface area contributed by atoms with Crippen LogP contribution in [0, 0.1) is 25.2 Å². The van der Waals surface area contributed by atoms with Crippen molar-refractivity contribution in [3.8, 4) is 22.9 Å². The van der Waals surface area contributed by atoms with Gasteiger partial charge in [-0.25, -0.2) is 4.98 Å². The number of aliphatic hydroxyl groups excluding tert-OH is 3. The molecule has 4 atom stereocenters. The number of aromatic nitrogens is 1. The fraction of sp³-hybridized carbons (Fsp3) is 0.296. The number of nitrogens with one attached hydrogen (secondary N) is 1. The Balaban J connectivity index is 1.82. The molecule has 0 spiro atoms. The second-order valence-corrected chi connectivity index (χ2v) is 9.74. The van der Waals surface area contributed by atoms with Crippen LogP contribution >= 0.6 is 11.8 Å². The molecule has 1 amide bonds. The van der Waals surface area contributed by atoms with E-state index in [9.17, 15) is 25.4 Å². The molecule has 0 aliphatic carbocycles. The highest BCUT2D eigenvalue weighted by molar-refractivity contribution is 7.99. The zero-order chi connectivity index (χ0) is 26.7. The fourth-order valence-electron chi connectivity index (χ4n) is 4.01. The molecule has 192 valence electrons. The summed E-state index contributed by atoms with van der Waals surface area (Å²) in [5, 5.41) is 43.6. The Labute approximate surface area is 218 Å². The van der Waals surface area contributed by atoms with E-state index < -0.39 is 29.7 Å². The molecule has 3 aromatic rings. The summed E-state index contributed by atoms with van der Waals surface area (Å²) in [6.45, 7) is 3.43. The van der Waals surface area contributed by atoms with E-state index in [-0.39, 0.29) is 22.8 Å². The van der Waals surface area contributed by atoms with E-state index in [1.807, 2.05) is 19.1 Å². The SMILES string of the molecule is COc1ccc(-c2c(C#N)c(S[C@@H]3OC[C@@H](O)[C@H](O)[C@H]3O)nc(C)c2C(=O)Nc2ccc(C)cc2)cc1. The van der Waals surface area contributed by atoms with Crippen LogP contribution in [0.15, 0.2) is 53.6 Å². The van der Waals surface area contributed by atoms with Crippen molar-refractivity contribution in [2.75, 3.05) is 19.0 Å². The lowest BCUT2D eigenvalue weighted by molar-refractivity contribution is -0.161. The van der Waals surface area contributed by atoms with Gasteiger partial charge in [0.2, 0.25) is 0 Å². The highest BCUT2D eigenvalue weighted by Crippen LogP contribution is 2.39. The molecule has 0 unspecified atom stereocenters. The number of aliphatic hydroxyl groups is 3. The molecular formula is C27H27N3O6S. The Hall–Kier alpha value is -3.46. The maximum absolute atomic E-state index is 13.5. The van der Waals surface area contributed by atoms with Crippen LogP contribution in [0.25, 0.3) is 11.1 Å². The average Bonchev–Trinajstić information content (AvgIpc) is 2.90. The van der Waals surface area contributed by atoms with Crippen molar-refractivity contribution in [3.63, 3.8) is 0 Å². The second kappa shape index (κ2) is 11.3. The van der Waals surface area contributed by atoms with E-state index in [2.05, 4.69) is 16.4 Å².